The zero-order chi connectivity index (χ0) is 24.1. The largest absolute Gasteiger partial charge is 4.00 e. The number of benzene rings is 5. The monoisotopic (exact) mass is 690 g/mol. The van der Waals surface area contributed by atoms with Crippen LogP contribution in [0.25, 0.3) is 27.5 Å². The summed E-state index contributed by atoms with van der Waals surface area (Å²) in [6.07, 6.45) is 0. The summed E-state index contributed by atoms with van der Waals surface area (Å²) in [5.41, 5.74) is 6.91. The van der Waals surface area contributed by atoms with Crippen LogP contribution in [0.2, 0.25) is 0 Å². The first-order valence-corrected chi connectivity index (χ1v) is 12.7. The fraction of sp³-hybridized carbons (Fsp3) is 0.0303. The maximum Gasteiger partial charge on any atom is 4.00 e. The molecule has 6 aromatic rings. The topological polar surface area (TPSA) is 11.4 Å². The van der Waals surface area contributed by atoms with Crippen molar-refractivity contribution in [2.45, 2.75) is 9.79 Å². The van der Waals surface area contributed by atoms with Gasteiger partial charge in [0.15, 0.2) is 0 Å². The first-order valence-electron chi connectivity index (χ1n) is 11.9. The van der Waals surface area contributed by atoms with Crippen LogP contribution in [0, 0.1) is 26.2 Å². The van der Waals surface area contributed by atoms with Gasteiger partial charge in [-0.2, -0.15) is 43.1 Å². The van der Waals surface area contributed by atoms with E-state index in [-0.39, 0.29) is 28.5 Å². The van der Waals surface area contributed by atoms with Crippen molar-refractivity contribution in [3.63, 3.8) is 0 Å². The molecule has 5 heteroatoms. The molecule has 0 spiro atoms. The quantitative estimate of drug-likeness (QED) is 0.172. The standard InChI is InChI=1S/C32H22N3S.CH3.Pt/c1-33-22-34(32-17-8-7-16-31(32)33)24-12-9-13-25(20-24)36-26-18-19-30-28(21-26)27-14-5-6-15-29(27)35(30)23-10-3-2-4-11-23;;/h2-10,12-17,19-22H,1H3;1H3;/q-3;-1;+4. The second-order valence-corrected chi connectivity index (χ2v) is 10.00. The van der Waals surface area contributed by atoms with Crippen LogP contribution >= 0.6 is 11.8 Å². The third-order valence-corrected chi connectivity index (χ3v) is 7.59. The van der Waals surface area contributed by atoms with Gasteiger partial charge >= 0.3 is 21.1 Å². The Morgan fingerprint density at radius 2 is 1.53 bits per heavy atom. The van der Waals surface area contributed by atoms with E-state index in [9.17, 15) is 0 Å². The van der Waals surface area contributed by atoms with Crippen LogP contribution < -0.4 is 9.80 Å². The summed E-state index contributed by atoms with van der Waals surface area (Å²) in [5, 5.41) is 2.46. The maximum absolute atomic E-state index is 3.54. The molecule has 2 heterocycles. The van der Waals surface area contributed by atoms with E-state index in [1.54, 1.807) is 11.8 Å². The molecule has 0 radical (unpaired) electrons. The Morgan fingerprint density at radius 3 is 2.37 bits per heavy atom. The molecule has 0 saturated carbocycles. The molecule has 0 unspecified atom stereocenters. The van der Waals surface area contributed by atoms with Gasteiger partial charge in [0.25, 0.3) is 0 Å². The molecule has 5 aromatic carbocycles. The molecule has 1 aromatic heterocycles. The van der Waals surface area contributed by atoms with Crippen molar-refractivity contribution in [3.8, 4) is 5.69 Å². The van der Waals surface area contributed by atoms with Crippen molar-refractivity contribution in [1.29, 1.82) is 0 Å². The van der Waals surface area contributed by atoms with Crippen molar-refractivity contribution in [2.24, 2.45) is 0 Å². The number of para-hydroxylation sites is 4. The van der Waals surface area contributed by atoms with E-state index in [4.69, 9.17) is 0 Å². The van der Waals surface area contributed by atoms with E-state index in [1.165, 1.54) is 32.6 Å². The minimum absolute atomic E-state index is 0. The van der Waals surface area contributed by atoms with Crippen LogP contribution in [-0.4, -0.2) is 11.6 Å². The third-order valence-electron chi connectivity index (χ3n) is 6.65. The van der Waals surface area contributed by atoms with Crippen LogP contribution in [0.1, 0.15) is 0 Å². The molecule has 188 valence electrons. The SMILES string of the molecule is CN1[CH-]N(c2cccc(Sc3[c-]cc4c(c3)c3ccccc3n4-c3[c-]cccc3)c2)c2ccccc21.[CH3-].[Pt+4]. The molecule has 0 saturated heterocycles. The van der Waals surface area contributed by atoms with E-state index < -0.39 is 0 Å². The smallest absolute Gasteiger partial charge is 0.504 e. The molecule has 3 nitrogen and oxygen atoms in total. The van der Waals surface area contributed by atoms with Crippen LogP contribution in [0.3, 0.4) is 0 Å². The number of fused-ring (bicyclic) bond motifs is 4. The van der Waals surface area contributed by atoms with E-state index in [0.717, 1.165) is 21.8 Å². The average molecular weight is 691 g/mol. The van der Waals surface area contributed by atoms with Gasteiger partial charge in [0.05, 0.1) is 0 Å². The fourth-order valence-corrected chi connectivity index (χ4v) is 5.90. The maximum atomic E-state index is 3.54. The summed E-state index contributed by atoms with van der Waals surface area (Å²) in [6.45, 7) is 2.14. The molecular weight excluding hydrogens is 666 g/mol. The number of rotatable bonds is 4. The van der Waals surface area contributed by atoms with Crippen molar-refractivity contribution in [1.82, 2.24) is 4.57 Å². The first kappa shape index (κ1) is 26.2. The van der Waals surface area contributed by atoms with Crippen LogP contribution in [0.4, 0.5) is 17.1 Å². The number of hydrogen-bond donors (Lipinski definition) is 0. The molecule has 38 heavy (non-hydrogen) atoms. The van der Waals surface area contributed by atoms with Gasteiger partial charge in [-0.1, -0.05) is 47.6 Å². The zero-order valence-corrected chi connectivity index (χ0v) is 24.1. The summed E-state index contributed by atoms with van der Waals surface area (Å²) in [7, 11) is 2.09. The van der Waals surface area contributed by atoms with Crippen molar-refractivity contribution >= 4 is 50.6 Å². The number of hydrogen-bond acceptors (Lipinski definition) is 3. The van der Waals surface area contributed by atoms with Crippen molar-refractivity contribution < 1.29 is 21.1 Å². The minimum Gasteiger partial charge on any atom is -0.504 e. The van der Waals surface area contributed by atoms with Gasteiger partial charge in [-0.05, 0) is 48.8 Å². The molecule has 1 aliphatic rings. The molecule has 0 amide bonds. The molecule has 0 atom stereocenters. The Balaban J connectivity index is 0.00000147. The molecule has 0 bridgehead atoms. The molecule has 0 aliphatic carbocycles. The number of aromatic nitrogens is 1. The van der Waals surface area contributed by atoms with Crippen molar-refractivity contribution in [3.05, 3.63) is 135 Å². The Hall–Kier alpha value is -3.46. The summed E-state index contributed by atoms with van der Waals surface area (Å²) in [6, 6.07) is 45.2. The predicted molar refractivity (Wildman–Crippen MR) is 157 cm³/mol. The van der Waals surface area contributed by atoms with Gasteiger partial charge in [-0.3, -0.25) is 0 Å². The van der Waals surface area contributed by atoms with Gasteiger partial charge in [-0.25, -0.2) is 0 Å². The van der Waals surface area contributed by atoms with Crippen molar-refractivity contribution in [2.75, 3.05) is 16.8 Å². The molecule has 0 fully saturated rings. The van der Waals surface area contributed by atoms with E-state index in [0.29, 0.717) is 0 Å². The molecule has 0 N–H and O–H groups in total. The van der Waals surface area contributed by atoms with Gasteiger partial charge in [0.1, 0.15) is 0 Å². The van der Waals surface area contributed by atoms with Gasteiger partial charge < -0.3 is 21.8 Å². The second-order valence-electron chi connectivity index (χ2n) is 8.88. The predicted octanol–water partition coefficient (Wildman–Crippen LogP) is 8.69. The fourth-order valence-electron chi connectivity index (χ4n) is 5.03. The van der Waals surface area contributed by atoms with E-state index >= 15 is 0 Å². The van der Waals surface area contributed by atoms with E-state index in [1.807, 2.05) is 12.1 Å². The summed E-state index contributed by atoms with van der Waals surface area (Å²) in [5.74, 6) is 0. The summed E-state index contributed by atoms with van der Waals surface area (Å²) >= 11 is 1.74. The molecule has 7 rings (SSSR count). The Kier molecular flexibility index (Phi) is 7.38. The van der Waals surface area contributed by atoms with Gasteiger partial charge in [0.2, 0.25) is 0 Å². The summed E-state index contributed by atoms with van der Waals surface area (Å²) < 4.78 is 2.27. The minimum atomic E-state index is 0. The normalized spacial score (nSPS) is 12.3. The van der Waals surface area contributed by atoms with Crippen LogP contribution in [-0.2, 0) is 21.1 Å². The third kappa shape index (κ3) is 4.42. The zero-order valence-electron chi connectivity index (χ0n) is 21.0. The second kappa shape index (κ2) is 10.7. The van der Waals surface area contributed by atoms with Gasteiger partial charge in [-0.15, -0.1) is 34.2 Å². The Bertz CT molecular complexity index is 1730. The summed E-state index contributed by atoms with van der Waals surface area (Å²) in [4.78, 5) is 6.69. The first-order chi connectivity index (χ1) is 17.8. The number of anilines is 3. The number of nitrogens with zero attached hydrogens (tertiary/aromatic N) is 3. The molecule has 1 aliphatic heterocycles. The van der Waals surface area contributed by atoms with Crippen LogP contribution in [0.5, 0.6) is 0 Å². The Morgan fingerprint density at radius 1 is 0.737 bits per heavy atom. The average Bonchev–Trinajstić information content (AvgIpc) is 3.44. The van der Waals surface area contributed by atoms with E-state index in [2.05, 4.69) is 137 Å². The van der Waals surface area contributed by atoms with Crippen LogP contribution in [0.15, 0.2) is 119 Å². The Labute approximate surface area is 243 Å². The van der Waals surface area contributed by atoms with Gasteiger partial charge in [0, 0.05) is 27.5 Å². The molecular formula is C33H25N3PtS.